The van der Waals surface area contributed by atoms with E-state index >= 15 is 0 Å². The molecule has 0 radical (unpaired) electrons. The largest absolute Gasteiger partial charge is 0.379 e. The fourth-order valence-electron chi connectivity index (χ4n) is 3.42. The molecular weight excluding hydrogens is 302 g/mol. The van der Waals surface area contributed by atoms with Crippen LogP contribution >= 0.6 is 0 Å². The Morgan fingerprint density at radius 3 is 2.42 bits per heavy atom. The van der Waals surface area contributed by atoms with Crippen LogP contribution in [0.2, 0.25) is 0 Å². The summed E-state index contributed by atoms with van der Waals surface area (Å²) in [6, 6.07) is 6.65. The highest BCUT2D eigenvalue weighted by Crippen LogP contribution is 2.15. The molecular formula is C19H29N3O2. The molecule has 5 heteroatoms. The number of amides is 1. The zero-order valence-electron chi connectivity index (χ0n) is 15.0. The van der Waals surface area contributed by atoms with Crippen molar-refractivity contribution in [3.05, 3.63) is 34.9 Å². The number of carbonyl (C=O) groups excluding carboxylic acids is 1. The van der Waals surface area contributed by atoms with E-state index in [-0.39, 0.29) is 5.91 Å². The average Bonchev–Trinajstić information content (AvgIpc) is 2.60. The molecule has 0 aliphatic carbocycles. The molecule has 132 valence electrons. The summed E-state index contributed by atoms with van der Waals surface area (Å²) in [6.07, 6.45) is 0. The highest BCUT2D eigenvalue weighted by Gasteiger charge is 2.23. The highest BCUT2D eigenvalue weighted by atomic mass is 16.5. The molecule has 0 spiro atoms. The first-order valence-electron chi connectivity index (χ1n) is 8.98. The van der Waals surface area contributed by atoms with Crippen molar-refractivity contribution in [1.29, 1.82) is 0 Å². The Hall–Kier alpha value is -1.43. The molecule has 2 aliphatic rings. The van der Waals surface area contributed by atoms with Crippen molar-refractivity contribution in [2.75, 3.05) is 59.0 Å². The Balaban J connectivity index is 1.46. The number of ether oxygens (including phenoxy) is 1. The van der Waals surface area contributed by atoms with Gasteiger partial charge in [-0.25, -0.2) is 0 Å². The van der Waals surface area contributed by atoms with Crippen LogP contribution < -0.4 is 0 Å². The minimum atomic E-state index is 0.267. The predicted octanol–water partition coefficient (Wildman–Crippen LogP) is 1.28. The first-order chi connectivity index (χ1) is 11.6. The van der Waals surface area contributed by atoms with Crippen molar-refractivity contribution in [3.8, 4) is 0 Å². The van der Waals surface area contributed by atoms with Gasteiger partial charge in [0.2, 0.25) is 5.91 Å². The summed E-state index contributed by atoms with van der Waals surface area (Å²) in [7, 11) is 0. The standard InChI is InChI=1S/C19H29N3O2/c1-16-3-4-17(2)18(13-16)14-20-5-7-22(8-6-20)19(23)15-21-9-11-24-12-10-21/h3-4,13H,5-12,14-15H2,1-2H3. The van der Waals surface area contributed by atoms with E-state index in [1.165, 1.54) is 16.7 Å². The summed E-state index contributed by atoms with van der Waals surface area (Å²) in [5.74, 6) is 0.267. The fourth-order valence-corrected chi connectivity index (χ4v) is 3.42. The zero-order chi connectivity index (χ0) is 16.9. The lowest BCUT2D eigenvalue weighted by molar-refractivity contribution is -0.135. The Bertz CT molecular complexity index is 562. The number of rotatable bonds is 4. The topological polar surface area (TPSA) is 36.0 Å². The van der Waals surface area contributed by atoms with Crippen LogP contribution in [0.4, 0.5) is 0 Å². The van der Waals surface area contributed by atoms with Gasteiger partial charge in [-0.15, -0.1) is 0 Å². The van der Waals surface area contributed by atoms with Crippen LogP contribution in [0.3, 0.4) is 0 Å². The third-order valence-electron chi connectivity index (χ3n) is 5.09. The molecule has 0 N–H and O–H groups in total. The lowest BCUT2D eigenvalue weighted by Crippen LogP contribution is -2.52. The van der Waals surface area contributed by atoms with Crippen molar-refractivity contribution in [2.24, 2.45) is 0 Å². The number of piperazine rings is 1. The van der Waals surface area contributed by atoms with E-state index < -0.39 is 0 Å². The molecule has 5 nitrogen and oxygen atoms in total. The summed E-state index contributed by atoms with van der Waals surface area (Å²) in [4.78, 5) is 19.1. The van der Waals surface area contributed by atoms with Gasteiger partial charge in [0.05, 0.1) is 19.8 Å². The molecule has 3 rings (SSSR count). The molecule has 1 amide bonds. The van der Waals surface area contributed by atoms with Crippen LogP contribution in [-0.2, 0) is 16.1 Å². The molecule has 0 unspecified atom stereocenters. The maximum absolute atomic E-state index is 12.5. The van der Waals surface area contributed by atoms with E-state index in [1.54, 1.807) is 0 Å². The average molecular weight is 331 g/mol. The van der Waals surface area contributed by atoms with Crippen LogP contribution in [0.5, 0.6) is 0 Å². The number of hydrogen-bond acceptors (Lipinski definition) is 4. The number of hydrogen-bond donors (Lipinski definition) is 0. The lowest BCUT2D eigenvalue weighted by atomic mass is 10.0. The first kappa shape index (κ1) is 17.4. The van der Waals surface area contributed by atoms with Gasteiger partial charge in [-0.3, -0.25) is 14.6 Å². The number of aryl methyl sites for hydroxylation is 2. The van der Waals surface area contributed by atoms with Gasteiger partial charge in [0, 0.05) is 45.8 Å². The summed E-state index contributed by atoms with van der Waals surface area (Å²) in [5, 5.41) is 0. The Kier molecular flexibility index (Phi) is 5.87. The second kappa shape index (κ2) is 8.10. The van der Waals surface area contributed by atoms with Gasteiger partial charge in [0.15, 0.2) is 0 Å². The quantitative estimate of drug-likeness (QED) is 0.833. The first-order valence-corrected chi connectivity index (χ1v) is 8.98. The highest BCUT2D eigenvalue weighted by molar-refractivity contribution is 5.78. The Morgan fingerprint density at radius 2 is 1.71 bits per heavy atom. The van der Waals surface area contributed by atoms with E-state index in [4.69, 9.17) is 4.74 Å². The summed E-state index contributed by atoms with van der Waals surface area (Å²) >= 11 is 0. The second-order valence-electron chi connectivity index (χ2n) is 6.98. The fraction of sp³-hybridized carbons (Fsp3) is 0.632. The molecule has 2 heterocycles. The summed E-state index contributed by atoms with van der Waals surface area (Å²) < 4.78 is 5.34. The number of benzene rings is 1. The monoisotopic (exact) mass is 331 g/mol. The van der Waals surface area contributed by atoms with Gasteiger partial charge >= 0.3 is 0 Å². The minimum Gasteiger partial charge on any atom is -0.379 e. The van der Waals surface area contributed by atoms with Crippen molar-refractivity contribution >= 4 is 5.91 Å². The molecule has 1 aromatic carbocycles. The van der Waals surface area contributed by atoms with E-state index in [1.807, 2.05) is 4.90 Å². The molecule has 24 heavy (non-hydrogen) atoms. The van der Waals surface area contributed by atoms with Gasteiger partial charge in [-0.2, -0.15) is 0 Å². The van der Waals surface area contributed by atoms with Gasteiger partial charge in [0.1, 0.15) is 0 Å². The van der Waals surface area contributed by atoms with Crippen LogP contribution in [-0.4, -0.2) is 79.6 Å². The molecule has 1 aromatic rings. The van der Waals surface area contributed by atoms with E-state index in [0.717, 1.165) is 59.0 Å². The molecule has 0 bridgehead atoms. The SMILES string of the molecule is Cc1ccc(C)c(CN2CCN(C(=O)CN3CCOCC3)CC2)c1. The predicted molar refractivity (Wildman–Crippen MR) is 95.0 cm³/mol. The summed E-state index contributed by atoms with van der Waals surface area (Å²) in [6.45, 7) is 12.7. The number of nitrogens with zero attached hydrogens (tertiary/aromatic N) is 3. The summed E-state index contributed by atoms with van der Waals surface area (Å²) in [5.41, 5.74) is 4.07. The second-order valence-corrected chi connectivity index (χ2v) is 6.98. The third-order valence-corrected chi connectivity index (χ3v) is 5.09. The Labute approximate surface area is 145 Å². The molecule has 0 aromatic heterocycles. The normalized spacial score (nSPS) is 20.3. The molecule has 0 atom stereocenters. The molecule has 2 aliphatic heterocycles. The van der Waals surface area contributed by atoms with Gasteiger partial charge in [-0.05, 0) is 25.0 Å². The Morgan fingerprint density at radius 1 is 1.00 bits per heavy atom. The van der Waals surface area contributed by atoms with Crippen LogP contribution in [0.1, 0.15) is 16.7 Å². The van der Waals surface area contributed by atoms with Gasteiger partial charge in [-0.1, -0.05) is 23.8 Å². The van der Waals surface area contributed by atoms with Crippen LogP contribution in [0, 0.1) is 13.8 Å². The maximum atomic E-state index is 12.5. The van der Waals surface area contributed by atoms with E-state index in [0.29, 0.717) is 6.54 Å². The smallest absolute Gasteiger partial charge is 0.236 e. The van der Waals surface area contributed by atoms with E-state index in [2.05, 4.69) is 41.8 Å². The molecule has 0 saturated carbocycles. The van der Waals surface area contributed by atoms with Crippen molar-refractivity contribution in [1.82, 2.24) is 14.7 Å². The minimum absolute atomic E-state index is 0.267. The third kappa shape index (κ3) is 4.56. The molecule has 2 fully saturated rings. The van der Waals surface area contributed by atoms with Crippen LogP contribution in [0.25, 0.3) is 0 Å². The van der Waals surface area contributed by atoms with Crippen molar-refractivity contribution in [2.45, 2.75) is 20.4 Å². The van der Waals surface area contributed by atoms with Crippen molar-refractivity contribution < 1.29 is 9.53 Å². The number of morpholine rings is 1. The maximum Gasteiger partial charge on any atom is 0.236 e. The lowest BCUT2D eigenvalue weighted by Gasteiger charge is -2.36. The number of carbonyl (C=O) groups is 1. The van der Waals surface area contributed by atoms with Crippen LogP contribution in [0.15, 0.2) is 18.2 Å². The molecule has 2 saturated heterocycles. The van der Waals surface area contributed by atoms with Gasteiger partial charge < -0.3 is 9.64 Å². The zero-order valence-corrected chi connectivity index (χ0v) is 15.0. The van der Waals surface area contributed by atoms with Gasteiger partial charge in [0.25, 0.3) is 0 Å². The van der Waals surface area contributed by atoms with E-state index in [9.17, 15) is 4.79 Å². The van der Waals surface area contributed by atoms with Crippen molar-refractivity contribution in [3.63, 3.8) is 0 Å².